The molecular formula is C38H66N6O6. The monoisotopic (exact) mass is 703 g/mol. The predicted octanol–water partition coefficient (Wildman–Crippen LogP) is 3.39. The molecule has 0 spiro atoms. The van der Waals surface area contributed by atoms with Crippen LogP contribution in [0.2, 0.25) is 0 Å². The first-order chi connectivity index (χ1) is 23.6. The highest BCUT2D eigenvalue weighted by Gasteiger charge is 2.43. The molecule has 0 aromatic carbocycles. The molecule has 1 saturated heterocycles. The number of carbonyl (C=O) groups excluding carboxylic acids is 4. The molecule has 0 saturated carbocycles. The third-order valence-electron chi connectivity index (χ3n) is 10.4. The molecule has 1 aromatic heterocycles. The molecule has 1 aliphatic heterocycles. The molecule has 0 aliphatic carbocycles. The number of pyridine rings is 1. The maximum atomic E-state index is 14.2. The second-order valence-electron chi connectivity index (χ2n) is 14.8. The topological polar surface area (TPSA) is 133 Å². The number of likely N-dealkylation sites (N-methyl/N-ethyl adjacent to an activating group) is 2. The average Bonchev–Trinajstić information content (AvgIpc) is 3.56. The first-order valence-corrected chi connectivity index (χ1v) is 18.4. The normalized spacial score (nSPS) is 19.1. The lowest BCUT2D eigenvalue weighted by atomic mass is 9.89. The Kier molecular flexibility index (Phi) is 17.8. The van der Waals surface area contributed by atoms with Crippen LogP contribution >= 0.6 is 0 Å². The van der Waals surface area contributed by atoms with E-state index in [9.17, 15) is 19.2 Å². The van der Waals surface area contributed by atoms with Crippen molar-refractivity contribution < 1.29 is 28.7 Å². The number of nitrogens with zero attached hydrogens (tertiary/aromatic N) is 4. The second kappa shape index (κ2) is 20.7. The highest BCUT2D eigenvalue weighted by atomic mass is 16.5. The van der Waals surface area contributed by atoms with E-state index in [2.05, 4.69) is 29.5 Å². The number of nitrogens with one attached hydrogen (secondary N) is 2. The van der Waals surface area contributed by atoms with Crippen molar-refractivity contribution in [2.75, 3.05) is 48.5 Å². The number of hydrogen-bond donors (Lipinski definition) is 2. The van der Waals surface area contributed by atoms with Gasteiger partial charge < -0.3 is 29.9 Å². The maximum absolute atomic E-state index is 14.2. The number of aromatic nitrogens is 1. The van der Waals surface area contributed by atoms with Gasteiger partial charge in [-0.05, 0) is 56.8 Å². The zero-order chi connectivity index (χ0) is 37.7. The SMILES string of the molecule is CC[C@H](C)[C@@H]([C@@H](CC(=O)N1CCCC1C(OC)C(C)C(=O)NCCc1ccccn1)OC)N(C)C(=O)[C@@H](NC(=O)C(C(C)C)N(C)C)C(C)C. The van der Waals surface area contributed by atoms with E-state index in [1.165, 1.54) is 0 Å². The molecule has 8 atom stereocenters. The fourth-order valence-corrected chi connectivity index (χ4v) is 7.43. The molecule has 12 heteroatoms. The molecule has 2 rings (SSSR count). The first-order valence-electron chi connectivity index (χ1n) is 18.4. The van der Waals surface area contributed by atoms with Crippen molar-refractivity contribution in [2.24, 2.45) is 23.7 Å². The van der Waals surface area contributed by atoms with E-state index in [1.807, 2.05) is 76.7 Å². The Morgan fingerprint density at radius 1 is 0.980 bits per heavy atom. The zero-order valence-electron chi connectivity index (χ0n) is 32.8. The Balaban J connectivity index is 2.21. The van der Waals surface area contributed by atoms with Crippen LogP contribution < -0.4 is 10.6 Å². The largest absolute Gasteiger partial charge is 0.379 e. The van der Waals surface area contributed by atoms with Gasteiger partial charge in [0.2, 0.25) is 23.6 Å². The van der Waals surface area contributed by atoms with E-state index in [0.29, 0.717) is 19.5 Å². The lowest BCUT2D eigenvalue weighted by Gasteiger charge is -2.41. The number of hydrogen-bond acceptors (Lipinski definition) is 8. The number of carbonyl (C=O) groups is 4. The molecule has 1 aromatic rings. The van der Waals surface area contributed by atoms with Gasteiger partial charge in [0.1, 0.15) is 6.04 Å². The smallest absolute Gasteiger partial charge is 0.245 e. The van der Waals surface area contributed by atoms with Gasteiger partial charge in [-0.2, -0.15) is 0 Å². The minimum Gasteiger partial charge on any atom is -0.379 e. The molecule has 4 amide bonds. The summed E-state index contributed by atoms with van der Waals surface area (Å²) in [5, 5.41) is 6.05. The summed E-state index contributed by atoms with van der Waals surface area (Å²) >= 11 is 0. The Morgan fingerprint density at radius 3 is 2.18 bits per heavy atom. The van der Waals surface area contributed by atoms with E-state index in [4.69, 9.17) is 9.47 Å². The van der Waals surface area contributed by atoms with Crippen molar-refractivity contribution in [2.45, 2.75) is 117 Å². The number of amides is 4. The molecule has 0 bridgehead atoms. The molecule has 0 radical (unpaired) electrons. The highest BCUT2D eigenvalue weighted by Crippen LogP contribution is 2.29. The van der Waals surface area contributed by atoms with Crippen LogP contribution in [-0.4, -0.2) is 128 Å². The Hall–Kier alpha value is -3.09. The molecule has 1 fully saturated rings. The number of likely N-dealkylation sites (tertiary alicyclic amines) is 1. The van der Waals surface area contributed by atoms with Crippen molar-refractivity contribution in [1.82, 2.24) is 30.3 Å². The molecule has 284 valence electrons. The van der Waals surface area contributed by atoms with Gasteiger partial charge in [-0.1, -0.05) is 61.0 Å². The molecule has 2 N–H and O–H groups in total. The standard InChI is InChI=1S/C38H66N6O6/c1-13-26(6)34(43(10)38(48)32(24(2)3)41-37(47)33(25(4)5)42(8)9)30(49-11)23-31(45)44-22-16-18-29(44)35(50-12)27(7)36(46)40-21-19-28-17-14-15-20-39-28/h14-15,17,20,24-27,29-30,32-35H,13,16,18-19,21-23H2,1-12H3,(H,40,46)(H,41,47)/t26-,27?,29?,30+,32-,33?,34-,35?/m0/s1. The van der Waals surface area contributed by atoms with Crippen molar-refractivity contribution in [3.8, 4) is 0 Å². The summed E-state index contributed by atoms with van der Waals surface area (Å²) in [6, 6.07) is 3.90. The summed E-state index contributed by atoms with van der Waals surface area (Å²) in [5.41, 5.74) is 0.903. The zero-order valence-corrected chi connectivity index (χ0v) is 32.8. The van der Waals surface area contributed by atoms with Gasteiger partial charge in [0, 0.05) is 52.7 Å². The minimum absolute atomic E-state index is 0.00584. The molecule has 12 nitrogen and oxygen atoms in total. The summed E-state index contributed by atoms with van der Waals surface area (Å²) < 4.78 is 11.9. The van der Waals surface area contributed by atoms with Crippen molar-refractivity contribution in [3.05, 3.63) is 30.1 Å². The van der Waals surface area contributed by atoms with Gasteiger partial charge in [0.25, 0.3) is 0 Å². The summed E-state index contributed by atoms with van der Waals surface area (Å²) in [7, 11) is 8.64. The Bertz CT molecular complexity index is 1210. The highest BCUT2D eigenvalue weighted by molar-refractivity contribution is 5.90. The van der Waals surface area contributed by atoms with Crippen LogP contribution in [0.5, 0.6) is 0 Å². The average molecular weight is 703 g/mol. The first kappa shape index (κ1) is 43.1. The van der Waals surface area contributed by atoms with Gasteiger partial charge >= 0.3 is 0 Å². The molecule has 2 heterocycles. The third kappa shape index (κ3) is 11.5. The lowest BCUT2D eigenvalue weighted by molar-refractivity contribution is -0.148. The Morgan fingerprint density at radius 2 is 1.66 bits per heavy atom. The predicted molar refractivity (Wildman–Crippen MR) is 196 cm³/mol. The van der Waals surface area contributed by atoms with E-state index in [0.717, 1.165) is 25.0 Å². The maximum Gasteiger partial charge on any atom is 0.245 e. The molecule has 1 aliphatic rings. The van der Waals surface area contributed by atoms with Gasteiger partial charge in [-0.25, -0.2) is 0 Å². The van der Waals surface area contributed by atoms with Crippen LogP contribution in [0.25, 0.3) is 0 Å². The summed E-state index contributed by atoms with van der Waals surface area (Å²) in [6.07, 6.45) is 3.63. The molecular weight excluding hydrogens is 636 g/mol. The quantitative estimate of drug-likeness (QED) is 0.211. The summed E-state index contributed by atoms with van der Waals surface area (Å²) in [4.78, 5) is 64.5. The van der Waals surface area contributed by atoms with Gasteiger partial charge in [-0.3, -0.25) is 29.1 Å². The number of methoxy groups -OCH3 is 2. The summed E-state index contributed by atoms with van der Waals surface area (Å²) in [5.74, 6) is -1.20. The van der Waals surface area contributed by atoms with E-state index in [-0.39, 0.29) is 59.9 Å². The van der Waals surface area contributed by atoms with Gasteiger partial charge in [0.05, 0.1) is 42.7 Å². The molecule has 50 heavy (non-hydrogen) atoms. The fraction of sp³-hybridized carbons (Fsp3) is 0.763. The minimum atomic E-state index is -0.740. The number of rotatable bonds is 20. The van der Waals surface area contributed by atoms with Crippen LogP contribution in [-0.2, 0) is 35.1 Å². The van der Waals surface area contributed by atoms with E-state index in [1.54, 1.807) is 32.4 Å². The van der Waals surface area contributed by atoms with Gasteiger partial charge in [0.15, 0.2) is 0 Å². The number of ether oxygens (including phenoxy) is 2. The van der Waals surface area contributed by atoms with Crippen molar-refractivity contribution in [3.63, 3.8) is 0 Å². The Labute approximate surface area is 301 Å². The van der Waals surface area contributed by atoms with Crippen LogP contribution in [0.3, 0.4) is 0 Å². The van der Waals surface area contributed by atoms with Crippen molar-refractivity contribution in [1.29, 1.82) is 0 Å². The summed E-state index contributed by atoms with van der Waals surface area (Å²) in [6.45, 7) is 14.8. The van der Waals surface area contributed by atoms with E-state index >= 15 is 0 Å². The van der Waals surface area contributed by atoms with Crippen LogP contribution in [0.4, 0.5) is 0 Å². The van der Waals surface area contributed by atoms with Gasteiger partial charge in [-0.15, -0.1) is 0 Å². The molecule has 4 unspecified atom stereocenters. The lowest BCUT2D eigenvalue weighted by Crippen LogP contribution is -2.59. The van der Waals surface area contributed by atoms with Crippen LogP contribution in [0, 0.1) is 23.7 Å². The third-order valence-corrected chi connectivity index (χ3v) is 10.4. The second-order valence-corrected chi connectivity index (χ2v) is 14.8. The van der Waals surface area contributed by atoms with Crippen LogP contribution in [0.15, 0.2) is 24.4 Å². The van der Waals surface area contributed by atoms with Crippen molar-refractivity contribution >= 4 is 23.6 Å². The van der Waals surface area contributed by atoms with Crippen LogP contribution in [0.1, 0.15) is 79.8 Å². The van der Waals surface area contributed by atoms with E-state index < -0.39 is 30.2 Å². The fourth-order valence-electron chi connectivity index (χ4n) is 7.43.